The van der Waals surface area contributed by atoms with E-state index in [2.05, 4.69) is 5.32 Å². The molecule has 0 aromatic heterocycles. The Kier molecular flexibility index (Phi) is 6.54. The normalized spacial score (nSPS) is 19.8. The van der Waals surface area contributed by atoms with Crippen LogP contribution >= 0.6 is 0 Å². The minimum Gasteiger partial charge on any atom is -0.354 e. The number of sulfonamides is 1. The highest BCUT2D eigenvalue weighted by Crippen LogP contribution is 2.29. The second-order valence-electron chi connectivity index (χ2n) is 8.29. The van der Waals surface area contributed by atoms with Crippen LogP contribution in [0.2, 0.25) is 0 Å². The molecule has 1 N–H and O–H groups in total. The molecule has 30 heavy (non-hydrogen) atoms. The number of aryl methyl sites for hydroxylation is 2. The fourth-order valence-corrected chi connectivity index (χ4v) is 6.26. The van der Waals surface area contributed by atoms with E-state index in [1.54, 1.807) is 6.07 Å². The summed E-state index contributed by atoms with van der Waals surface area (Å²) in [6.07, 6.45) is 7.18. The molecule has 0 saturated carbocycles. The Hall–Kier alpha value is -2.18. The summed E-state index contributed by atoms with van der Waals surface area (Å²) in [5, 5.41) is 2.96. The number of hydrogen-bond acceptors (Lipinski definition) is 3. The van der Waals surface area contributed by atoms with Crippen LogP contribution in [0.1, 0.15) is 48.8 Å². The first-order chi connectivity index (χ1) is 14.6. The van der Waals surface area contributed by atoms with Crippen molar-refractivity contribution in [2.75, 3.05) is 13.1 Å². The lowest BCUT2D eigenvalue weighted by atomic mass is 9.92. The van der Waals surface area contributed by atoms with Crippen LogP contribution in [-0.4, -0.2) is 37.8 Å². The van der Waals surface area contributed by atoms with Crippen LogP contribution in [0.5, 0.6) is 0 Å². The summed E-state index contributed by atoms with van der Waals surface area (Å²) in [6.45, 7) is 0.905. The fraction of sp³-hybridized carbons (Fsp3) is 0.458. The van der Waals surface area contributed by atoms with Crippen molar-refractivity contribution in [3.05, 3.63) is 65.2 Å². The SMILES string of the molecule is O=C(NCCc1ccccc1)C1CCCCN1S(=O)(=O)c1ccc2c(c1)CCCC2. The number of carbonyl (C=O) groups is 1. The molecule has 1 heterocycles. The number of nitrogens with zero attached hydrogens (tertiary/aromatic N) is 1. The molecule has 1 amide bonds. The van der Waals surface area contributed by atoms with Crippen LogP contribution in [0.15, 0.2) is 53.4 Å². The third-order valence-corrected chi connectivity index (χ3v) is 8.14. The van der Waals surface area contributed by atoms with Crippen molar-refractivity contribution in [1.29, 1.82) is 0 Å². The molecule has 1 aliphatic heterocycles. The molecule has 0 bridgehead atoms. The van der Waals surface area contributed by atoms with Gasteiger partial charge in [0.25, 0.3) is 0 Å². The van der Waals surface area contributed by atoms with E-state index in [0.29, 0.717) is 24.4 Å². The highest BCUT2D eigenvalue weighted by atomic mass is 32.2. The van der Waals surface area contributed by atoms with E-state index in [4.69, 9.17) is 0 Å². The molecule has 2 aromatic carbocycles. The monoisotopic (exact) mass is 426 g/mol. The third-order valence-electron chi connectivity index (χ3n) is 6.24. The van der Waals surface area contributed by atoms with Crippen molar-refractivity contribution in [2.24, 2.45) is 0 Å². The van der Waals surface area contributed by atoms with Gasteiger partial charge >= 0.3 is 0 Å². The number of carbonyl (C=O) groups excluding carboxylic acids is 1. The highest BCUT2D eigenvalue weighted by Gasteiger charge is 2.37. The van der Waals surface area contributed by atoms with Gasteiger partial charge in [-0.1, -0.05) is 42.8 Å². The van der Waals surface area contributed by atoms with Crippen LogP contribution in [0.3, 0.4) is 0 Å². The number of amides is 1. The fourth-order valence-electron chi connectivity index (χ4n) is 4.55. The Morgan fingerprint density at radius 3 is 2.53 bits per heavy atom. The molecule has 1 atom stereocenters. The van der Waals surface area contributed by atoms with Crippen LogP contribution in [0, 0.1) is 0 Å². The van der Waals surface area contributed by atoms with Crippen molar-refractivity contribution >= 4 is 15.9 Å². The number of nitrogens with one attached hydrogen (secondary N) is 1. The van der Waals surface area contributed by atoms with E-state index >= 15 is 0 Å². The maximum atomic E-state index is 13.4. The van der Waals surface area contributed by atoms with Gasteiger partial charge in [0.05, 0.1) is 4.90 Å². The zero-order chi connectivity index (χ0) is 21.0. The molecule has 1 unspecified atom stereocenters. The van der Waals surface area contributed by atoms with Gasteiger partial charge in [-0.2, -0.15) is 4.31 Å². The molecule has 1 saturated heterocycles. The smallest absolute Gasteiger partial charge is 0.243 e. The molecule has 4 rings (SSSR count). The molecule has 0 radical (unpaired) electrons. The molecule has 6 heteroatoms. The van der Waals surface area contributed by atoms with E-state index in [1.807, 2.05) is 42.5 Å². The van der Waals surface area contributed by atoms with E-state index in [-0.39, 0.29) is 5.91 Å². The molecule has 2 aliphatic rings. The first-order valence-corrected chi connectivity index (χ1v) is 12.4. The summed E-state index contributed by atoms with van der Waals surface area (Å²) in [7, 11) is -3.69. The second kappa shape index (κ2) is 9.31. The average molecular weight is 427 g/mol. The number of benzene rings is 2. The summed E-state index contributed by atoms with van der Waals surface area (Å²) < 4.78 is 28.3. The van der Waals surface area contributed by atoms with E-state index < -0.39 is 16.1 Å². The van der Waals surface area contributed by atoms with E-state index in [9.17, 15) is 13.2 Å². The van der Waals surface area contributed by atoms with Gasteiger partial charge in [-0.25, -0.2) is 8.42 Å². The molecule has 160 valence electrons. The van der Waals surface area contributed by atoms with Gasteiger partial charge in [-0.05, 0) is 73.8 Å². The molecule has 1 fully saturated rings. The van der Waals surface area contributed by atoms with Gasteiger partial charge in [-0.15, -0.1) is 0 Å². The maximum Gasteiger partial charge on any atom is 0.243 e. The summed E-state index contributed by atoms with van der Waals surface area (Å²) >= 11 is 0. The second-order valence-corrected chi connectivity index (χ2v) is 10.2. The molecule has 5 nitrogen and oxygen atoms in total. The van der Waals surface area contributed by atoms with E-state index in [0.717, 1.165) is 56.1 Å². The van der Waals surface area contributed by atoms with Crippen molar-refractivity contribution in [3.63, 3.8) is 0 Å². The van der Waals surface area contributed by atoms with Gasteiger partial charge in [0, 0.05) is 13.1 Å². The lowest BCUT2D eigenvalue weighted by molar-refractivity contribution is -0.125. The predicted molar refractivity (Wildman–Crippen MR) is 118 cm³/mol. The largest absolute Gasteiger partial charge is 0.354 e. The molecule has 2 aromatic rings. The highest BCUT2D eigenvalue weighted by molar-refractivity contribution is 7.89. The van der Waals surface area contributed by atoms with Crippen LogP contribution in [0.4, 0.5) is 0 Å². The number of piperidine rings is 1. The Labute approximate surface area is 179 Å². The van der Waals surface area contributed by atoms with Gasteiger partial charge < -0.3 is 5.32 Å². The van der Waals surface area contributed by atoms with Crippen LogP contribution < -0.4 is 5.32 Å². The Balaban J connectivity index is 1.47. The minimum atomic E-state index is -3.69. The van der Waals surface area contributed by atoms with Gasteiger partial charge in [0.2, 0.25) is 15.9 Å². The zero-order valence-electron chi connectivity index (χ0n) is 17.3. The lowest BCUT2D eigenvalue weighted by Gasteiger charge is -2.34. The first-order valence-electron chi connectivity index (χ1n) is 11.0. The summed E-state index contributed by atoms with van der Waals surface area (Å²) in [5.41, 5.74) is 3.55. The van der Waals surface area contributed by atoms with Crippen molar-refractivity contribution in [3.8, 4) is 0 Å². The summed E-state index contributed by atoms with van der Waals surface area (Å²) in [6, 6.07) is 14.9. The Bertz CT molecular complexity index is 989. The Morgan fingerprint density at radius 2 is 1.73 bits per heavy atom. The molecular weight excluding hydrogens is 396 g/mol. The molecular formula is C24H30N2O3S. The van der Waals surface area contributed by atoms with Gasteiger partial charge in [-0.3, -0.25) is 4.79 Å². The molecule has 0 spiro atoms. The first kappa shape index (κ1) is 21.1. The predicted octanol–water partition coefficient (Wildman–Crippen LogP) is 3.47. The number of rotatable bonds is 6. The summed E-state index contributed by atoms with van der Waals surface area (Å²) in [5.74, 6) is -0.188. The van der Waals surface area contributed by atoms with Crippen molar-refractivity contribution < 1.29 is 13.2 Å². The van der Waals surface area contributed by atoms with E-state index in [1.165, 1.54) is 9.87 Å². The summed E-state index contributed by atoms with van der Waals surface area (Å²) in [4.78, 5) is 13.2. The van der Waals surface area contributed by atoms with Crippen LogP contribution in [-0.2, 0) is 34.1 Å². The minimum absolute atomic E-state index is 0.188. The van der Waals surface area contributed by atoms with Crippen molar-refractivity contribution in [1.82, 2.24) is 9.62 Å². The zero-order valence-corrected chi connectivity index (χ0v) is 18.2. The average Bonchev–Trinajstić information content (AvgIpc) is 2.79. The van der Waals surface area contributed by atoms with Crippen molar-refractivity contribution in [2.45, 2.75) is 62.3 Å². The number of fused-ring (bicyclic) bond motifs is 1. The number of hydrogen-bond donors (Lipinski definition) is 1. The quantitative estimate of drug-likeness (QED) is 0.769. The third kappa shape index (κ3) is 4.60. The van der Waals surface area contributed by atoms with Crippen LogP contribution in [0.25, 0.3) is 0 Å². The standard InChI is InChI=1S/C24H30N2O3S/c27-24(25-16-15-19-8-2-1-3-9-19)23-12-6-7-17-26(23)30(28,29)22-14-13-20-10-4-5-11-21(20)18-22/h1-3,8-9,13-14,18,23H,4-7,10-12,15-17H2,(H,25,27). The van der Waals surface area contributed by atoms with Gasteiger partial charge in [0.15, 0.2) is 0 Å². The topological polar surface area (TPSA) is 66.5 Å². The maximum absolute atomic E-state index is 13.4. The van der Waals surface area contributed by atoms with Gasteiger partial charge in [0.1, 0.15) is 6.04 Å². The molecule has 1 aliphatic carbocycles. The lowest BCUT2D eigenvalue weighted by Crippen LogP contribution is -2.52. The Morgan fingerprint density at radius 1 is 0.967 bits per heavy atom.